The maximum absolute atomic E-state index is 12.8. The van der Waals surface area contributed by atoms with Crippen LogP contribution in [0.3, 0.4) is 0 Å². The summed E-state index contributed by atoms with van der Waals surface area (Å²) in [7, 11) is 0. The van der Waals surface area contributed by atoms with Gasteiger partial charge in [0.2, 0.25) is 5.91 Å². The summed E-state index contributed by atoms with van der Waals surface area (Å²) in [6.07, 6.45) is -1.79. The van der Waals surface area contributed by atoms with Gasteiger partial charge in [-0.05, 0) is 48.7 Å². The first-order chi connectivity index (χ1) is 15.6. The maximum Gasteiger partial charge on any atom is 0.416 e. The third kappa shape index (κ3) is 8.44. The molecule has 9 heteroatoms. The molecule has 0 aromatic heterocycles. The van der Waals surface area contributed by atoms with E-state index in [1.807, 2.05) is 26.0 Å². The molecule has 2 amide bonds. The average molecular weight is 462 g/mol. The van der Waals surface area contributed by atoms with E-state index in [0.29, 0.717) is 12.1 Å². The number of amides is 2. The normalized spacial score (nSPS) is 11.3. The van der Waals surface area contributed by atoms with Gasteiger partial charge < -0.3 is 15.0 Å². The number of benzene rings is 2. The van der Waals surface area contributed by atoms with Crippen LogP contribution in [0.5, 0.6) is 0 Å². The summed E-state index contributed by atoms with van der Waals surface area (Å²) in [5.74, 6) is -1.83. The predicted octanol–water partition coefficient (Wildman–Crippen LogP) is 4.45. The van der Waals surface area contributed by atoms with Crippen molar-refractivity contribution < 1.29 is 32.3 Å². The Morgan fingerprint density at radius 2 is 1.82 bits per heavy atom. The van der Waals surface area contributed by atoms with Crippen molar-refractivity contribution in [1.82, 2.24) is 4.90 Å². The van der Waals surface area contributed by atoms with Crippen LogP contribution in [-0.4, -0.2) is 42.4 Å². The molecule has 0 aliphatic rings. The number of ether oxygens (including phenoxy) is 1. The van der Waals surface area contributed by atoms with Gasteiger partial charge in [0.05, 0.1) is 12.1 Å². The molecule has 2 aromatic carbocycles. The summed E-state index contributed by atoms with van der Waals surface area (Å²) in [6, 6.07) is 11.7. The molecule has 0 unspecified atom stereocenters. The first-order valence-corrected chi connectivity index (χ1v) is 10.3. The molecule has 0 atom stereocenters. The highest BCUT2D eigenvalue weighted by molar-refractivity contribution is 5.95. The molecule has 0 spiro atoms. The molecular weight excluding hydrogens is 437 g/mol. The fraction of sp³-hybridized carbons (Fsp3) is 0.292. The van der Waals surface area contributed by atoms with Crippen molar-refractivity contribution in [3.05, 3.63) is 71.3 Å². The quantitative estimate of drug-likeness (QED) is 0.441. The number of halogens is 3. The zero-order valence-corrected chi connectivity index (χ0v) is 18.3. The van der Waals surface area contributed by atoms with Crippen LogP contribution in [-0.2, 0) is 25.3 Å². The molecule has 2 rings (SSSR count). The summed E-state index contributed by atoms with van der Waals surface area (Å²) in [4.78, 5) is 38.0. The van der Waals surface area contributed by atoms with E-state index in [1.54, 1.807) is 12.1 Å². The fourth-order valence-electron chi connectivity index (χ4n) is 2.89. The third-order valence-electron chi connectivity index (χ3n) is 4.56. The van der Waals surface area contributed by atoms with E-state index in [0.717, 1.165) is 23.8 Å². The predicted molar refractivity (Wildman–Crippen MR) is 118 cm³/mol. The van der Waals surface area contributed by atoms with Gasteiger partial charge in [0.15, 0.2) is 6.61 Å². The van der Waals surface area contributed by atoms with E-state index in [4.69, 9.17) is 4.74 Å². The molecular formula is C24H25F3N2O4. The molecule has 0 saturated carbocycles. The highest BCUT2D eigenvalue weighted by Gasteiger charge is 2.30. The van der Waals surface area contributed by atoms with Crippen molar-refractivity contribution in [2.24, 2.45) is 0 Å². The highest BCUT2D eigenvalue weighted by atomic mass is 19.4. The second-order valence-electron chi connectivity index (χ2n) is 7.24. The zero-order valence-electron chi connectivity index (χ0n) is 18.3. The maximum atomic E-state index is 12.8. The van der Waals surface area contributed by atoms with Crippen LogP contribution in [0.25, 0.3) is 6.08 Å². The average Bonchev–Trinajstić information content (AvgIpc) is 2.77. The number of hydrogen-bond donors (Lipinski definition) is 1. The number of nitrogens with one attached hydrogen (secondary N) is 1. The Hall–Kier alpha value is -3.62. The summed E-state index contributed by atoms with van der Waals surface area (Å²) >= 11 is 0. The Balaban J connectivity index is 1.90. The van der Waals surface area contributed by atoms with Gasteiger partial charge in [0, 0.05) is 18.3 Å². The smallest absolute Gasteiger partial charge is 0.416 e. The Labute approximate surface area is 190 Å². The molecule has 176 valence electrons. The minimum absolute atomic E-state index is 0.161. The van der Waals surface area contributed by atoms with Crippen molar-refractivity contribution in [2.75, 3.05) is 25.0 Å². The number of alkyl halides is 3. The third-order valence-corrected chi connectivity index (χ3v) is 4.56. The molecule has 2 aromatic rings. The summed E-state index contributed by atoms with van der Waals surface area (Å²) in [5, 5.41) is 2.74. The Bertz CT molecular complexity index is 1020. The van der Waals surface area contributed by atoms with E-state index in [2.05, 4.69) is 5.32 Å². The van der Waals surface area contributed by atoms with Crippen molar-refractivity contribution in [3.8, 4) is 0 Å². The summed E-state index contributed by atoms with van der Waals surface area (Å²) in [6.45, 7) is 3.17. The number of para-hydroxylation sites is 1. The van der Waals surface area contributed by atoms with Gasteiger partial charge in [-0.3, -0.25) is 9.59 Å². The molecule has 0 bridgehead atoms. The van der Waals surface area contributed by atoms with Gasteiger partial charge in [-0.25, -0.2) is 4.79 Å². The number of rotatable bonds is 9. The van der Waals surface area contributed by atoms with Crippen molar-refractivity contribution in [3.63, 3.8) is 0 Å². The van der Waals surface area contributed by atoms with Crippen LogP contribution in [0.2, 0.25) is 0 Å². The van der Waals surface area contributed by atoms with Crippen LogP contribution in [0, 0.1) is 6.92 Å². The number of anilines is 1. The van der Waals surface area contributed by atoms with Crippen LogP contribution in [0.15, 0.2) is 54.6 Å². The van der Waals surface area contributed by atoms with Gasteiger partial charge in [-0.2, -0.15) is 13.2 Å². The van der Waals surface area contributed by atoms with Gasteiger partial charge >= 0.3 is 12.1 Å². The lowest BCUT2D eigenvalue weighted by atomic mass is 10.1. The molecule has 0 aliphatic heterocycles. The number of hydrogen-bond acceptors (Lipinski definition) is 4. The largest absolute Gasteiger partial charge is 0.452 e. The number of aryl methyl sites for hydroxylation is 1. The molecule has 1 N–H and O–H groups in total. The first kappa shape index (κ1) is 25.6. The van der Waals surface area contributed by atoms with E-state index in [-0.39, 0.29) is 24.6 Å². The lowest BCUT2D eigenvalue weighted by Gasteiger charge is -2.21. The second kappa shape index (κ2) is 11.8. The second-order valence-corrected chi connectivity index (χ2v) is 7.24. The molecule has 33 heavy (non-hydrogen) atoms. The lowest BCUT2D eigenvalue weighted by molar-refractivity contribution is -0.148. The molecule has 0 saturated heterocycles. The topological polar surface area (TPSA) is 75.7 Å². The van der Waals surface area contributed by atoms with Crippen LogP contribution in [0.1, 0.15) is 30.0 Å². The monoisotopic (exact) mass is 462 g/mol. The van der Waals surface area contributed by atoms with E-state index < -0.39 is 30.2 Å². The first-order valence-electron chi connectivity index (χ1n) is 10.3. The summed E-state index contributed by atoms with van der Waals surface area (Å²) < 4.78 is 43.2. The highest BCUT2D eigenvalue weighted by Crippen LogP contribution is 2.29. The molecule has 0 aliphatic carbocycles. The van der Waals surface area contributed by atoms with Crippen LogP contribution >= 0.6 is 0 Å². The molecule has 0 heterocycles. The minimum atomic E-state index is -4.50. The van der Waals surface area contributed by atoms with E-state index in [9.17, 15) is 27.6 Å². The Morgan fingerprint density at radius 1 is 1.09 bits per heavy atom. The number of carbonyl (C=O) groups excluding carboxylic acids is 3. The van der Waals surface area contributed by atoms with E-state index in [1.165, 1.54) is 23.1 Å². The van der Waals surface area contributed by atoms with Gasteiger partial charge in [-0.1, -0.05) is 37.3 Å². The van der Waals surface area contributed by atoms with Gasteiger partial charge in [0.1, 0.15) is 0 Å². The van der Waals surface area contributed by atoms with Crippen LogP contribution in [0.4, 0.5) is 18.9 Å². The van der Waals surface area contributed by atoms with Gasteiger partial charge in [0.25, 0.3) is 5.91 Å². The number of nitrogens with zero attached hydrogens (tertiary/aromatic N) is 1. The zero-order chi connectivity index (χ0) is 24.4. The number of esters is 1. The van der Waals surface area contributed by atoms with Crippen molar-refractivity contribution in [1.29, 1.82) is 0 Å². The lowest BCUT2D eigenvalue weighted by Crippen LogP contribution is -2.40. The van der Waals surface area contributed by atoms with Crippen LogP contribution < -0.4 is 5.32 Å². The molecule has 0 fully saturated rings. The Morgan fingerprint density at radius 3 is 2.48 bits per heavy atom. The van der Waals surface area contributed by atoms with Crippen molar-refractivity contribution in [2.45, 2.75) is 26.4 Å². The SMILES string of the molecule is CCCN(CC(=O)Nc1ccccc1C)C(=O)COC(=O)/C=C/c1cccc(C(F)(F)F)c1. The molecule has 0 radical (unpaired) electrons. The van der Waals surface area contributed by atoms with Crippen molar-refractivity contribution >= 4 is 29.5 Å². The Kier molecular flexibility index (Phi) is 9.20. The standard InChI is InChI=1S/C24H25F3N2O4/c1-3-13-29(15-21(30)28-20-10-5-4-7-17(20)2)22(31)16-33-23(32)12-11-18-8-6-9-19(14-18)24(25,26)27/h4-12,14H,3,13,15-16H2,1-2H3,(H,28,30)/b12-11+. The summed E-state index contributed by atoms with van der Waals surface area (Å²) in [5.41, 5.74) is 0.833. The van der Waals surface area contributed by atoms with E-state index >= 15 is 0 Å². The minimum Gasteiger partial charge on any atom is -0.452 e. The van der Waals surface area contributed by atoms with Gasteiger partial charge in [-0.15, -0.1) is 0 Å². The molecule has 6 nitrogen and oxygen atoms in total. The number of carbonyl (C=O) groups is 3. The fourth-order valence-corrected chi connectivity index (χ4v) is 2.89.